The first-order chi connectivity index (χ1) is 8.69. The Morgan fingerprint density at radius 3 is 2.67 bits per heavy atom. The van der Waals surface area contributed by atoms with Crippen molar-refractivity contribution < 1.29 is 9.13 Å². The van der Waals surface area contributed by atoms with Crippen molar-refractivity contribution in [1.29, 1.82) is 0 Å². The minimum atomic E-state index is -0.206. The third-order valence-corrected chi connectivity index (χ3v) is 3.61. The number of halogens is 2. The quantitative estimate of drug-likeness (QED) is 0.755. The predicted octanol–water partition coefficient (Wildman–Crippen LogP) is 4.51. The first-order valence-corrected chi connectivity index (χ1v) is 6.63. The average Bonchev–Trinajstić information content (AvgIpc) is 2.39. The van der Waals surface area contributed by atoms with E-state index in [9.17, 15) is 4.39 Å². The van der Waals surface area contributed by atoms with Gasteiger partial charge >= 0.3 is 0 Å². The number of ether oxygens (including phenoxy) is 1. The Morgan fingerprint density at radius 2 is 1.94 bits per heavy atom. The lowest BCUT2D eigenvalue weighted by molar-refractivity contribution is 0.414. The molecule has 0 amide bonds. The third-order valence-electron chi connectivity index (χ3n) is 2.76. The molecule has 0 heterocycles. The van der Waals surface area contributed by atoms with Gasteiger partial charge in [-0.15, -0.1) is 0 Å². The molecule has 18 heavy (non-hydrogen) atoms. The molecule has 0 fully saturated rings. The molecule has 0 bridgehead atoms. The van der Waals surface area contributed by atoms with Crippen LogP contribution in [0.3, 0.4) is 0 Å². The minimum absolute atomic E-state index is 0.0975. The van der Waals surface area contributed by atoms with E-state index in [1.54, 1.807) is 19.2 Å². The molecular formula is C15H14BrFO. The van der Waals surface area contributed by atoms with Gasteiger partial charge in [0.05, 0.1) is 7.11 Å². The maximum absolute atomic E-state index is 13.1. The van der Waals surface area contributed by atoms with Crippen LogP contribution in [0.1, 0.15) is 16.0 Å². The number of alkyl halides is 1. The number of rotatable bonds is 4. The molecule has 3 heteroatoms. The molecule has 1 nitrogen and oxygen atoms in total. The average molecular weight is 309 g/mol. The van der Waals surface area contributed by atoms with Gasteiger partial charge in [0.1, 0.15) is 11.6 Å². The third kappa shape index (κ3) is 3.33. The summed E-state index contributed by atoms with van der Waals surface area (Å²) in [6.45, 7) is 0. The second-order valence-corrected chi connectivity index (χ2v) is 5.18. The summed E-state index contributed by atoms with van der Waals surface area (Å²) in [5, 5.41) is 0. The van der Waals surface area contributed by atoms with Crippen molar-refractivity contribution in [3.05, 3.63) is 65.5 Å². The SMILES string of the molecule is COc1cccc(CC(Br)c2cccc(F)c2)c1. The summed E-state index contributed by atoms with van der Waals surface area (Å²) >= 11 is 3.60. The van der Waals surface area contributed by atoms with Crippen LogP contribution >= 0.6 is 15.9 Å². The van der Waals surface area contributed by atoms with Crippen molar-refractivity contribution >= 4 is 15.9 Å². The van der Waals surface area contributed by atoms with E-state index in [1.807, 2.05) is 30.3 Å². The van der Waals surface area contributed by atoms with Crippen molar-refractivity contribution in [3.63, 3.8) is 0 Å². The zero-order chi connectivity index (χ0) is 13.0. The van der Waals surface area contributed by atoms with E-state index in [4.69, 9.17) is 4.74 Å². The zero-order valence-electron chi connectivity index (χ0n) is 10.1. The smallest absolute Gasteiger partial charge is 0.123 e. The van der Waals surface area contributed by atoms with E-state index < -0.39 is 0 Å². The maximum Gasteiger partial charge on any atom is 0.123 e. The number of benzene rings is 2. The summed E-state index contributed by atoms with van der Waals surface area (Å²) in [6, 6.07) is 14.6. The van der Waals surface area contributed by atoms with Gasteiger partial charge in [-0.25, -0.2) is 4.39 Å². The molecule has 0 aliphatic rings. The summed E-state index contributed by atoms with van der Waals surface area (Å²) < 4.78 is 18.3. The number of hydrogen-bond acceptors (Lipinski definition) is 1. The molecule has 0 aliphatic carbocycles. The molecule has 1 unspecified atom stereocenters. The Kier molecular flexibility index (Phi) is 4.37. The summed E-state index contributed by atoms with van der Waals surface area (Å²) in [5.41, 5.74) is 2.10. The van der Waals surface area contributed by atoms with E-state index >= 15 is 0 Å². The number of hydrogen-bond donors (Lipinski definition) is 0. The highest BCUT2D eigenvalue weighted by Crippen LogP contribution is 2.28. The Balaban J connectivity index is 2.13. The molecule has 0 radical (unpaired) electrons. The predicted molar refractivity (Wildman–Crippen MR) is 74.8 cm³/mol. The van der Waals surface area contributed by atoms with E-state index in [0.29, 0.717) is 0 Å². The van der Waals surface area contributed by atoms with Gasteiger partial charge in [-0.1, -0.05) is 40.2 Å². The molecule has 0 saturated heterocycles. The standard InChI is InChI=1S/C15H14BrFO/c1-18-14-7-2-4-11(8-14)9-15(16)12-5-3-6-13(17)10-12/h2-8,10,15H,9H2,1H3. The Hall–Kier alpha value is -1.35. The van der Waals surface area contributed by atoms with Gasteiger partial charge in [-0.3, -0.25) is 0 Å². The van der Waals surface area contributed by atoms with Crippen LogP contribution in [0.2, 0.25) is 0 Å². The van der Waals surface area contributed by atoms with Crippen LogP contribution in [0.5, 0.6) is 5.75 Å². The van der Waals surface area contributed by atoms with Crippen LogP contribution in [-0.2, 0) is 6.42 Å². The van der Waals surface area contributed by atoms with E-state index in [0.717, 1.165) is 23.3 Å². The normalized spacial score (nSPS) is 12.2. The summed E-state index contributed by atoms with van der Waals surface area (Å²) in [7, 11) is 1.65. The first kappa shape index (κ1) is 13.1. The molecule has 0 N–H and O–H groups in total. The lowest BCUT2D eigenvalue weighted by Gasteiger charge is -2.11. The highest BCUT2D eigenvalue weighted by Gasteiger charge is 2.09. The van der Waals surface area contributed by atoms with E-state index in [-0.39, 0.29) is 10.6 Å². The first-order valence-electron chi connectivity index (χ1n) is 5.71. The van der Waals surface area contributed by atoms with Crippen molar-refractivity contribution in [2.24, 2.45) is 0 Å². The van der Waals surface area contributed by atoms with Gasteiger partial charge in [-0.05, 0) is 41.8 Å². The highest BCUT2D eigenvalue weighted by atomic mass is 79.9. The van der Waals surface area contributed by atoms with Gasteiger partial charge < -0.3 is 4.74 Å². The monoisotopic (exact) mass is 308 g/mol. The number of methoxy groups -OCH3 is 1. The van der Waals surface area contributed by atoms with Crippen LogP contribution in [-0.4, -0.2) is 7.11 Å². The molecule has 0 aliphatic heterocycles. The molecule has 2 aromatic rings. The molecule has 0 aromatic heterocycles. The van der Waals surface area contributed by atoms with Crippen LogP contribution < -0.4 is 4.74 Å². The summed E-state index contributed by atoms with van der Waals surface area (Å²) in [4.78, 5) is 0.0975. The largest absolute Gasteiger partial charge is 0.497 e. The van der Waals surface area contributed by atoms with Crippen molar-refractivity contribution in [2.75, 3.05) is 7.11 Å². The molecular weight excluding hydrogens is 295 g/mol. The highest BCUT2D eigenvalue weighted by molar-refractivity contribution is 9.09. The zero-order valence-corrected chi connectivity index (χ0v) is 11.7. The van der Waals surface area contributed by atoms with E-state index in [1.165, 1.54) is 6.07 Å². The van der Waals surface area contributed by atoms with Gasteiger partial charge in [0, 0.05) is 4.83 Å². The van der Waals surface area contributed by atoms with E-state index in [2.05, 4.69) is 15.9 Å². The Labute approximate surface area is 115 Å². The Bertz CT molecular complexity index is 527. The minimum Gasteiger partial charge on any atom is -0.497 e. The van der Waals surface area contributed by atoms with Gasteiger partial charge in [0.15, 0.2) is 0 Å². The Morgan fingerprint density at radius 1 is 1.17 bits per heavy atom. The van der Waals surface area contributed by atoms with Gasteiger partial charge in [0.2, 0.25) is 0 Å². The summed E-state index contributed by atoms with van der Waals surface area (Å²) in [5.74, 6) is 0.633. The molecule has 0 spiro atoms. The lowest BCUT2D eigenvalue weighted by atomic mass is 10.0. The molecule has 2 rings (SSSR count). The fourth-order valence-corrected chi connectivity index (χ4v) is 2.48. The second kappa shape index (κ2) is 6.01. The van der Waals surface area contributed by atoms with Crippen LogP contribution in [0, 0.1) is 5.82 Å². The fourth-order valence-electron chi connectivity index (χ4n) is 1.83. The molecule has 0 saturated carbocycles. The van der Waals surface area contributed by atoms with Gasteiger partial charge in [0.25, 0.3) is 0 Å². The second-order valence-electron chi connectivity index (χ2n) is 4.08. The maximum atomic E-state index is 13.1. The lowest BCUT2D eigenvalue weighted by Crippen LogP contribution is -1.96. The van der Waals surface area contributed by atoms with Crippen LogP contribution in [0.25, 0.3) is 0 Å². The van der Waals surface area contributed by atoms with Crippen molar-refractivity contribution in [2.45, 2.75) is 11.2 Å². The van der Waals surface area contributed by atoms with Crippen molar-refractivity contribution in [1.82, 2.24) is 0 Å². The molecule has 2 aromatic carbocycles. The summed E-state index contributed by atoms with van der Waals surface area (Å²) in [6.07, 6.45) is 0.792. The van der Waals surface area contributed by atoms with Gasteiger partial charge in [-0.2, -0.15) is 0 Å². The topological polar surface area (TPSA) is 9.23 Å². The fraction of sp³-hybridized carbons (Fsp3) is 0.200. The van der Waals surface area contributed by atoms with Crippen LogP contribution in [0.4, 0.5) is 4.39 Å². The van der Waals surface area contributed by atoms with Crippen LogP contribution in [0.15, 0.2) is 48.5 Å². The molecule has 1 atom stereocenters. The molecule has 94 valence electrons. The van der Waals surface area contributed by atoms with Crippen molar-refractivity contribution in [3.8, 4) is 5.75 Å².